The molecule has 1 fully saturated rings. The molecule has 7 nitrogen and oxygen atoms in total. The molecule has 0 bridgehead atoms. The monoisotopic (exact) mass is 496 g/mol. The van der Waals surface area contributed by atoms with E-state index in [-0.39, 0.29) is 17.9 Å². The Labute approximate surface area is 207 Å². The van der Waals surface area contributed by atoms with Gasteiger partial charge in [-0.3, -0.25) is 4.79 Å². The predicted octanol–water partition coefficient (Wildman–Crippen LogP) is 5.75. The van der Waals surface area contributed by atoms with Gasteiger partial charge in [-0.05, 0) is 67.5 Å². The van der Waals surface area contributed by atoms with Crippen LogP contribution in [-0.2, 0) is 6.18 Å². The fraction of sp³-hybridized carbons (Fsp3) is 0.308. The first-order valence-electron chi connectivity index (χ1n) is 11.7. The number of carbonyl (C=O) groups is 1. The van der Waals surface area contributed by atoms with Gasteiger partial charge in [0.15, 0.2) is 0 Å². The van der Waals surface area contributed by atoms with Gasteiger partial charge in [0.05, 0.1) is 11.1 Å². The minimum Gasteiger partial charge on any atom is -0.368 e. The molecule has 0 aliphatic heterocycles. The molecule has 2 aromatic heterocycles. The Morgan fingerprint density at radius 3 is 2.36 bits per heavy atom. The van der Waals surface area contributed by atoms with Gasteiger partial charge in [-0.2, -0.15) is 13.2 Å². The van der Waals surface area contributed by atoms with Crippen LogP contribution in [0.3, 0.4) is 0 Å². The third-order valence-corrected chi connectivity index (χ3v) is 6.21. The zero-order valence-electron chi connectivity index (χ0n) is 19.8. The van der Waals surface area contributed by atoms with Crippen molar-refractivity contribution in [1.29, 1.82) is 0 Å². The Balaban J connectivity index is 1.41. The van der Waals surface area contributed by atoms with Crippen LogP contribution in [0.5, 0.6) is 0 Å². The van der Waals surface area contributed by atoms with Crippen LogP contribution in [0.1, 0.15) is 60.5 Å². The summed E-state index contributed by atoms with van der Waals surface area (Å²) < 4.78 is 38.4. The van der Waals surface area contributed by atoms with Gasteiger partial charge in [0, 0.05) is 30.3 Å². The number of benzene rings is 1. The highest BCUT2D eigenvalue weighted by atomic mass is 19.4. The van der Waals surface area contributed by atoms with Gasteiger partial charge in [-0.25, -0.2) is 15.0 Å². The summed E-state index contributed by atoms with van der Waals surface area (Å²) in [5, 5.41) is 6.14. The maximum Gasteiger partial charge on any atom is 0.417 e. The number of nitrogens with one attached hydrogen (secondary N) is 2. The number of amides is 1. The summed E-state index contributed by atoms with van der Waals surface area (Å²) in [4.78, 5) is 24.1. The average Bonchev–Trinajstić information content (AvgIpc) is 2.86. The van der Waals surface area contributed by atoms with E-state index in [4.69, 9.17) is 5.73 Å². The molecule has 1 aliphatic rings. The summed E-state index contributed by atoms with van der Waals surface area (Å²) in [6.45, 7) is 2.11. The number of allylic oxidation sites excluding steroid dienone is 2. The Hall–Kier alpha value is -3.95. The largest absolute Gasteiger partial charge is 0.417 e. The zero-order valence-corrected chi connectivity index (χ0v) is 19.8. The summed E-state index contributed by atoms with van der Waals surface area (Å²) >= 11 is 0. The highest BCUT2D eigenvalue weighted by molar-refractivity contribution is 5.93. The Bertz CT molecular complexity index is 1230. The van der Waals surface area contributed by atoms with E-state index in [1.165, 1.54) is 29.6 Å². The SMILES string of the molecule is CCC(=C1CCC(NC(=O)c2cnc(N)nc2)CC1)c1cccc(Nc2ccc(C(F)(F)F)cn2)c1. The third kappa shape index (κ3) is 6.18. The van der Waals surface area contributed by atoms with E-state index in [1.807, 2.05) is 24.3 Å². The fourth-order valence-electron chi connectivity index (χ4n) is 4.36. The lowest BCUT2D eigenvalue weighted by Crippen LogP contribution is -2.36. The van der Waals surface area contributed by atoms with Gasteiger partial charge in [0.2, 0.25) is 5.95 Å². The maximum absolute atomic E-state index is 12.8. The Morgan fingerprint density at radius 1 is 1.03 bits per heavy atom. The van der Waals surface area contributed by atoms with Crippen molar-refractivity contribution in [2.75, 3.05) is 11.1 Å². The van der Waals surface area contributed by atoms with Crippen LogP contribution >= 0.6 is 0 Å². The molecule has 0 atom stereocenters. The van der Waals surface area contributed by atoms with Crippen molar-refractivity contribution in [3.8, 4) is 0 Å². The van der Waals surface area contributed by atoms with Crippen LogP contribution in [0.15, 0.2) is 60.6 Å². The molecule has 4 rings (SSSR count). The Morgan fingerprint density at radius 2 is 1.75 bits per heavy atom. The van der Waals surface area contributed by atoms with E-state index in [0.29, 0.717) is 11.4 Å². The van der Waals surface area contributed by atoms with Crippen LogP contribution in [0.4, 0.5) is 30.6 Å². The molecule has 3 aromatic rings. The number of nitrogens with zero attached hydrogens (tertiary/aromatic N) is 3. The molecule has 1 aromatic carbocycles. The second-order valence-corrected chi connectivity index (χ2v) is 8.65. The van der Waals surface area contributed by atoms with Crippen LogP contribution in [0, 0.1) is 0 Å². The lowest BCUT2D eigenvalue weighted by atomic mass is 9.84. The highest BCUT2D eigenvalue weighted by Gasteiger charge is 2.30. The van der Waals surface area contributed by atoms with Crippen molar-refractivity contribution in [3.63, 3.8) is 0 Å². The third-order valence-electron chi connectivity index (χ3n) is 6.21. The normalized spacial score (nSPS) is 15.9. The molecule has 1 aliphatic carbocycles. The van der Waals surface area contributed by atoms with Gasteiger partial charge in [0.1, 0.15) is 5.82 Å². The quantitative estimate of drug-likeness (QED) is 0.401. The molecule has 0 saturated heterocycles. The van der Waals surface area contributed by atoms with E-state index in [2.05, 4.69) is 32.5 Å². The number of hydrogen-bond acceptors (Lipinski definition) is 6. The number of nitrogens with two attached hydrogens (primary N) is 1. The molecule has 36 heavy (non-hydrogen) atoms. The second-order valence-electron chi connectivity index (χ2n) is 8.65. The lowest BCUT2D eigenvalue weighted by molar-refractivity contribution is -0.137. The van der Waals surface area contributed by atoms with Crippen molar-refractivity contribution in [1.82, 2.24) is 20.3 Å². The van der Waals surface area contributed by atoms with E-state index < -0.39 is 11.7 Å². The second kappa shape index (κ2) is 10.8. The first kappa shape index (κ1) is 25.2. The molecule has 2 heterocycles. The topological polar surface area (TPSA) is 106 Å². The fourth-order valence-corrected chi connectivity index (χ4v) is 4.36. The molecule has 1 amide bonds. The molecular weight excluding hydrogens is 469 g/mol. The van der Waals surface area contributed by atoms with Crippen molar-refractivity contribution in [3.05, 3.63) is 77.3 Å². The van der Waals surface area contributed by atoms with E-state index >= 15 is 0 Å². The summed E-state index contributed by atoms with van der Waals surface area (Å²) in [5.74, 6) is 0.258. The van der Waals surface area contributed by atoms with Crippen molar-refractivity contribution >= 4 is 28.9 Å². The number of rotatable bonds is 6. The number of pyridine rings is 1. The number of nitrogen functional groups attached to an aromatic ring is 1. The number of aromatic nitrogens is 3. The minimum absolute atomic E-state index is 0.0654. The van der Waals surface area contributed by atoms with Crippen LogP contribution in [0.25, 0.3) is 5.57 Å². The van der Waals surface area contributed by atoms with Gasteiger partial charge >= 0.3 is 6.18 Å². The first-order chi connectivity index (χ1) is 17.2. The zero-order chi connectivity index (χ0) is 25.7. The van der Waals surface area contributed by atoms with Gasteiger partial charge in [-0.15, -0.1) is 0 Å². The molecule has 188 valence electrons. The van der Waals surface area contributed by atoms with Gasteiger partial charge in [0.25, 0.3) is 5.91 Å². The summed E-state index contributed by atoms with van der Waals surface area (Å²) in [6.07, 6.45) is 3.47. The molecule has 4 N–H and O–H groups in total. The standard InChI is InChI=1S/C26H27F3N6O/c1-2-22(16-6-9-20(10-7-16)35-24(36)18-13-32-25(30)33-14-18)17-4-3-5-21(12-17)34-23-11-8-19(15-31-23)26(27,28)29/h3-5,8,11-15,20H,2,6-7,9-10H2,1H3,(H,31,34)(H,35,36)(H2,30,32,33). The molecule has 0 spiro atoms. The smallest absolute Gasteiger partial charge is 0.368 e. The van der Waals surface area contributed by atoms with E-state index in [1.54, 1.807) is 0 Å². The number of anilines is 3. The van der Waals surface area contributed by atoms with Gasteiger partial charge < -0.3 is 16.4 Å². The number of hydrogen-bond donors (Lipinski definition) is 3. The van der Waals surface area contributed by atoms with Crippen LogP contribution < -0.4 is 16.4 Å². The summed E-state index contributed by atoms with van der Waals surface area (Å²) in [7, 11) is 0. The molecule has 0 radical (unpaired) electrons. The predicted molar refractivity (Wildman–Crippen MR) is 132 cm³/mol. The number of halogens is 3. The highest BCUT2D eigenvalue weighted by Crippen LogP contribution is 2.34. The molecular formula is C26H27F3N6O. The van der Waals surface area contributed by atoms with Crippen molar-refractivity contribution in [2.45, 2.75) is 51.2 Å². The molecule has 10 heteroatoms. The summed E-state index contributed by atoms with van der Waals surface area (Å²) in [5.41, 5.74) is 9.48. The first-order valence-corrected chi connectivity index (χ1v) is 11.7. The van der Waals surface area contributed by atoms with Gasteiger partial charge in [-0.1, -0.05) is 24.6 Å². The van der Waals surface area contributed by atoms with Crippen LogP contribution in [0.2, 0.25) is 0 Å². The van der Waals surface area contributed by atoms with E-state index in [0.717, 1.165) is 55.6 Å². The lowest BCUT2D eigenvalue weighted by Gasteiger charge is -2.27. The van der Waals surface area contributed by atoms with E-state index in [9.17, 15) is 18.0 Å². The number of alkyl halides is 3. The summed E-state index contributed by atoms with van der Waals surface area (Å²) in [6, 6.07) is 10.2. The van der Waals surface area contributed by atoms with Crippen molar-refractivity contribution in [2.24, 2.45) is 0 Å². The van der Waals surface area contributed by atoms with Crippen LogP contribution in [-0.4, -0.2) is 26.9 Å². The maximum atomic E-state index is 12.8. The number of carbonyl (C=O) groups excluding carboxylic acids is 1. The van der Waals surface area contributed by atoms with Crippen molar-refractivity contribution < 1.29 is 18.0 Å². The molecule has 0 unspecified atom stereocenters. The average molecular weight is 497 g/mol. The minimum atomic E-state index is -4.42. The molecule has 1 saturated carbocycles. The Kier molecular flexibility index (Phi) is 7.52.